The molecule has 0 aromatic heterocycles. The Morgan fingerprint density at radius 3 is 2.32 bits per heavy atom. The zero-order chi connectivity index (χ0) is 18.4. The van der Waals surface area contributed by atoms with Crippen molar-refractivity contribution in [2.45, 2.75) is 51.6 Å². The van der Waals surface area contributed by atoms with Gasteiger partial charge in [0, 0.05) is 0 Å². The maximum absolute atomic E-state index is 12.0. The van der Waals surface area contributed by atoms with Crippen LogP contribution in [0.5, 0.6) is 0 Å². The van der Waals surface area contributed by atoms with Crippen molar-refractivity contribution in [1.82, 2.24) is 0 Å². The van der Waals surface area contributed by atoms with Gasteiger partial charge in [0.2, 0.25) is 0 Å². The summed E-state index contributed by atoms with van der Waals surface area (Å²) < 4.78 is 4.87. The summed E-state index contributed by atoms with van der Waals surface area (Å²) in [4.78, 5) is 12.0. The van der Waals surface area contributed by atoms with Crippen molar-refractivity contribution in [2.75, 3.05) is 7.11 Å². The maximum Gasteiger partial charge on any atom is 0.337 e. The molecule has 3 heteroatoms. The van der Waals surface area contributed by atoms with Crippen LogP contribution in [0.3, 0.4) is 0 Å². The van der Waals surface area contributed by atoms with E-state index in [2.05, 4.69) is 19.9 Å². The molecule has 25 heavy (non-hydrogen) atoms. The summed E-state index contributed by atoms with van der Waals surface area (Å²) in [7, 11) is 1.38. The first-order valence-corrected chi connectivity index (χ1v) is 8.72. The molecular weight excluding hydrogens is 312 g/mol. The second-order valence-electron chi connectivity index (χ2n) is 7.81. The van der Waals surface area contributed by atoms with Crippen LogP contribution in [0.2, 0.25) is 0 Å². The highest BCUT2D eigenvalue weighted by molar-refractivity contribution is 5.89. The van der Waals surface area contributed by atoms with Crippen LogP contribution in [0.4, 0.5) is 0 Å². The van der Waals surface area contributed by atoms with Crippen LogP contribution in [0.25, 0.3) is 0 Å². The maximum atomic E-state index is 12.0. The van der Waals surface area contributed by atoms with E-state index in [9.17, 15) is 9.90 Å². The van der Waals surface area contributed by atoms with Gasteiger partial charge in [0.05, 0.1) is 12.7 Å². The Labute approximate surface area is 149 Å². The van der Waals surface area contributed by atoms with Crippen LogP contribution in [0.15, 0.2) is 36.4 Å². The van der Waals surface area contributed by atoms with Crippen molar-refractivity contribution in [1.29, 1.82) is 0 Å². The minimum absolute atomic E-state index is 0.0468. The third-order valence-electron chi connectivity index (χ3n) is 5.55. The molecule has 0 bridgehead atoms. The van der Waals surface area contributed by atoms with Crippen molar-refractivity contribution in [3.05, 3.63) is 69.8 Å². The normalized spacial score (nSPS) is 21.5. The molecule has 0 radical (unpaired) electrons. The Hall–Kier alpha value is -2.13. The van der Waals surface area contributed by atoms with Gasteiger partial charge >= 0.3 is 5.97 Å². The molecule has 2 aromatic rings. The van der Waals surface area contributed by atoms with Gasteiger partial charge < -0.3 is 9.84 Å². The highest BCUT2D eigenvalue weighted by Gasteiger charge is 2.43. The summed E-state index contributed by atoms with van der Waals surface area (Å²) >= 11 is 0. The number of rotatable bonds is 2. The first kappa shape index (κ1) is 17.7. The zero-order valence-electron chi connectivity index (χ0n) is 15.6. The Kier molecular flexibility index (Phi) is 4.24. The van der Waals surface area contributed by atoms with Gasteiger partial charge in [0.1, 0.15) is 5.60 Å². The smallest absolute Gasteiger partial charge is 0.337 e. The molecule has 0 spiro atoms. The Bertz CT molecular complexity index is 835. The van der Waals surface area contributed by atoms with E-state index in [4.69, 9.17) is 4.74 Å². The molecule has 0 saturated carbocycles. The summed E-state index contributed by atoms with van der Waals surface area (Å²) in [5.41, 5.74) is 4.40. The third-order valence-corrected chi connectivity index (χ3v) is 5.55. The molecule has 0 heterocycles. The number of ether oxygens (including phenoxy) is 1. The summed E-state index contributed by atoms with van der Waals surface area (Å²) in [6, 6.07) is 11.7. The predicted molar refractivity (Wildman–Crippen MR) is 99.0 cm³/mol. The van der Waals surface area contributed by atoms with E-state index in [1.165, 1.54) is 12.7 Å². The van der Waals surface area contributed by atoms with Crippen molar-refractivity contribution >= 4 is 5.97 Å². The van der Waals surface area contributed by atoms with Crippen LogP contribution in [-0.2, 0) is 15.8 Å². The number of aliphatic hydroxyl groups is 1. The molecule has 1 aliphatic rings. The summed E-state index contributed by atoms with van der Waals surface area (Å²) in [5.74, 6) is -0.380. The molecule has 132 valence electrons. The summed E-state index contributed by atoms with van der Waals surface area (Å²) in [6.45, 7) is 8.45. The van der Waals surface area contributed by atoms with Gasteiger partial charge in [0.15, 0.2) is 0 Å². The Balaban J connectivity index is 2.25. The lowest BCUT2D eigenvalue weighted by atomic mass is 9.64. The monoisotopic (exact) mass is 338 g/mol. The fraction of sp³-hybridized carbons (Fsp3) is 0.409. The molecule has 0 aliphatic heterocycles. The van der Waals surface area contributed by atoms with Crippen LogP contribution >= 0.6 is 0 Å². The van der Waals surface area contributed by atoms with E-state index in [-0.39, 0.29) is 11.4 Å². The second kappa shape index (κ2) is 5.99. The highest BCUT2D eigenvalue weighted by Crippen LogP contribution is 2.48. The molecule has 0 saturated heterocycles. The average Bonchev–Trinajstić information content (AvgIpc) is 2.57. The molecule has 0 amide bonds. The fourth-order valence-electron chi connectivity index (χ4n) is 4.04. The standard InChI is InChI=1S/C22H26O3/c1-14-6-8-17(15(2)12-14)22(24)11-10-21(3,4)18-9-7-16(13-19(18)22)20(23)25-5/h6-9,12-13,24H,10-11H2,1-5H3. The molecule has 0 fully saturated rings. The van der Waals surface area contributed by atoms with Gasteiger partial charge in [-0.25, -0.2) is 4.79 Å². The van der Waals surface area contributed by atoms with E-state index in [1.807, 2.05) is 32.0 Å². The van der Waals surface area contributed by atoms with E-state index in [1.54, 1.807) is 12.1 Å². The number of methoxy groups -OCH3 is 1. The van der Waals surface area contributed by atoms with Crippen molar-refractivity contribution in [3.63, 3.8) is 0 Å². The van der Waals surface area contributed by atoms with Gasteiger partial charge in [-0.2, -0.15) is 0 Å². The number of carbonyl (C=O) groups is 1. The summed E-state index contributed by atoms with van der Waals surface area (Å²) in [6.07, 6.45) is 1.50. The molecule has 3 rings (SSSR count). The highest BCUT2D eigenvalue weighted by atomic mass is 16.5. The Morgan fingerprint density at radius 2 is 1.68 bits per heavy atom. The van der Waals surface area contributed by atoms with Crippen LogP contribution in [0.1, 0.15) is 64.9 Å². The van der Waals surface area contributed by atoms with E-state index in [0.717, 1.165) is 28.7 Å². The predicted octanol–water partition coefficient (Wildman–Crippen LogP) is 4.40. The lowest BCUT2D eigenvalue weighted by Crippen LogP contribution is -2.39. The zero-order valence-corrected chi connectivity index (χ0v) is 15.6. The molecular formula is C22H26O3. The average molecular weight is 338 g/mol. The lowest BCUT2D eigenvalue weighted by molar-refractivity contribution is 0.0485. The molecule has 3 nitrogen and oxygen atoms in total. The minimum atomic E-state index is -1.09. The first-order valence-electron chi connectivity index (χ1n) is 8.72. The van der Waals surface area contributed by atoms with Crippen molar-refractivity contribution in [2.24, 2.45) is 0 Å². The van der Waals surface area contributed by atoms with Crippen LogP contribution in [0, 0.1) is 13.8 Å². The molecule has 2 aromatic carbocycles. The van der Waals surface area contributed by atoms with E-state index >= 15 is 0 Å². The Morgan fingerprint density at radius 1 is 1.00 bits per heavy atom. The quantitative estimate of drug-likeness (QED) is 0.826. The van der Waals surface area contributed by atoms with Crippen molar-refractivity contribution < 1.29 is 14.6 Å². The number of carbonyl (C=O) groups excluding carboxylic acids is 1. The molecule has 1 unspecified atom stereocenters. The molecule has 1 aliphatic carbocycles. The summed E-state index contributed by atoms with van der Waals surface area (Å²) in [5, 5.41) is 11.7. The van der Waals surface area contributed by atoms with Crippen molar-refractivity contribution in [3.8, 4) is 0 Å². The van der Waals surface area contributed by atoms with Crippen LogP contribution < -0.4 is 0 Å². The number of benzene rings is 2. The van der Waals surface area contributed by atoms with Crippen LogP contribution in [-0.4, -0.2) is 18.2 Å². The molecule has 1 N–H and O–H groups in total. The van der Waals surface area contributed by atoms with Gasteiger partial charge in [-0.15, -0.1) is 0 Å². The van der Waals surface area contributed by atoms with E-state index < -0.39 is 5.60 Å². The number of hydrogen-bond acceptors (Lipinski definition) is 3. The SMILES string of the molecule is COC(=O)c1ccc2c(c1)C(O)(c1ccc(C)cc1C)CCC2(C)C. The van der Waals surface area contributed by atoms with Gasteiger partial charge in [-0.3, -0.25) is 0 Å². The fourth-order valence-corrected chi connectivity index (χ4v) is 4.04. The van der Waals surface area contributed by atoms with Gasteiger partial charge in [0.25, 0.3) is 0 Å². The first-order chi connectivity index (χ1) is 11.7. The lowest BCUT2D eigenvalue weighted by Gasteiger charge is -2.43. The minimum Gasteiger partial charge on any atom is -0.465 e. The number of aryl methyl sites for hydroxylation is 2. The number of hydrogen-bond donors (Lipinski definition) is 1. The molecule has 1 atom stereocenters. The third kappa shape index (κ3) is 2.87. The largest absolute Gasteiger partial charge is 0.465 e. The van der Waals surface area contributed by atoms with Gasteiger partial charge in [-0.1, -0.05) is 43.7 Å². The number of fused-ring (bicyclic) bond motifs is 1. The van der Waals surface area contributed by atoms with E-state index in [0.29, 0.717) is 12.0 Å². The van der Waals surface area contributed by atoms with Gasteiger partial charge in [-0.05, 0) is 66.5 Å². The number of esters is 1. The topological polar surface area (TPSA) is 46.5 Å². The second-order valence-corrected chi connectivity index (χ2v) is 7.81.